The Bertz CT molecular complexity index is 670. The molecule has 2 saturated heterocycles. The van der Waals surface area contributed by atoms with Crippen molar-refractivity contribution in [3.8, 4) is 0 Å². The highest BCUT2D eigenvalue weighted by molar-refractivity contribution is 7.89. The van der Waals surface area contributed by atoms with E-state index >= 15 is 0 Å². The average molecular weight is 329 g/mol. The predicted octanol–water partition coefficient (Wildman–Crippen LogP) is 0.604. The highest BCUT2D eigenvalue weighted by atomic mass is 32.2. The fraction of sp³-hybridized carbons (Fsp3) is 0.786. The third-order valence-corrected chi connectivity index (χ3v) is 6.96. The molecule has 1 aromatic heterocycles. The van der Waals surface area contributed by atoms with Gasteiger partial charge in [0.2, 0.25) is 10.0 Å². The van der Waals surface area contributed by atoms with E-state index in [0.29, 0.717) is 42.3 Å². The maximum Gasteiger partial charge on any atom is 0.247 e. The van der Waals surface area contributed by atoms with Crippen LogP contribution in [0.25, 0.3) is 0 Å². The Morgan fingerprint density at radius 2 is 2.05 bits per heavy atom. The molecule has 0 saturated carbocycles. The fourth-order valence-corrected chi connectivity index (χ4v) is 5.72. The Kier molecular flexibility index (Phi) is 4.05. The van der Waals surface area contributed by atoms with E-state index in [1.54, 1.807) is 37.0 Å². The zero-order valence-corrected chi connectivity index (χ0v) is 14.3. The van der Waals surface area contributed by atoms with Gasteiger partial charge in [0.25, 0.3) is 0 Å². The first-order valence-corrected chi connectivity index (χ1v) is 8.98. The van der Waals surface area contributed by atoms with Crippen molar-refractivity contribution in [2.24, 2.45) is 7.05 Å². The molecule has 0 amide bonds. The van der Waals surface area contributed by atoms with Gasteiger partial charge in [0, 0.05) is 27.3 Å². The molecular weight excluding hydrogens is 306 g/mol. The lowest BCUT2D eigenvalue weighted by atomic mass is 9.98. The number of piperidine rings is 1. The van der Waals surface area contributed by atoms with Gasteiger partial charge in [-0.25, -0.2) is 8.42 Å². The Labute approximate surface area is 131 Å². The maximum atomic E-state index is 13.2. The number of fused-ring (bicyclic) bond motifs is 1. The molecule has 2 aliphatic heterocycles. The minimum absolute atomic E-state index is 0.0324. The largest absolute Gasteiger partial charge is 0.379 e. The summed E-state index contributed by atoms with van der Waals surface area (Å²) in [5, 5.41) is 4.24. The molecule has 3 rings (SSSR count). The summed E-state index contributed by atoms with van der Waals surface area (Å²) in [4.78, 5) is 0.330. The van der Waals surface area contributed by atoms with Crippen LogP contribution in [0.3, 0.4) is 0 Å². The van der Waals surface area contributed by atoms with E-state index in [1.807, 2.05) is 0 Å². The van der Waals surface area contributed by atoms with E-state index < -0.39 is 10.0 Å². The zero-order valence-electron chi connectivity index (χ0n) is 13.4. The van der Waals surface area contributed by atoms with E-state index in [4.69, 9.17) is 9.47 Å². The van der Waals surface area contributed by atoms with Gasteiger partial charge in [-0.1, -0.05) is 0 Å². The van der Waals surface area contributed by atoms with Crippen LogP contribution in [0.5, 0.6) is 0 Å². The van der Waals surface area contributed by atoms with E-state index in [0.717, 1.165) is 0 Å². The second kappa shape index (κ2) is 5.59. The lowest BCUT2D eigenvalue weighted by molar-refractivity contribution is -0.0668. The molecular formula is C14H23N3O4S. The van der Waals surface area contributed by atoms with Gasteiger partial charge >= 0.3 is 0 Å². The molecule has 2 aliphatic rings. The van der Waals surface area contributed by atoms with Crippen molar-refractivity contribution in [1.29, 1.82) is 0 Å². The zero-order chi connectivity index (χ0) is 16.1. The van der Waals surface area contributed by atoms with Crippen molar-refractivity contribution < 1.29 is 17.9 Å². The molecule has 0 bridgehead atoms. The maximum absolute atomic E-state index is 13.2. The molecule has 2 fully saturated rings. The summed E-state index contributed by atoms with van der Waals surface area (Å²) in [6.45, 7) is 4.56. The van der Waals surface area contributed by atoms with Gasteiger partial charge in [0.1, 0.15) is 11.0 Å². The number of hydrogen-bond acceptors (Lipinski definition) is 5. The van der Waals surface area contributed by atoms with Gasteiger partial charge in [-0.3, -0.25) is 4.68 Å². The Morgan fingerprint density at radius 1 is 1.32 bits per heavy atom. The fourth-order valence-electron chi connectivity index (χ4n) is 3.64. The van der Waals surface area contributed by atoms with Gasteiger partial charge in [-0.05, 0) is 26.7 Å². The molecule has 8 heteroatoms. The van der Waals surface area contributed by atoms with E-state index in [9.17, 15) is 8.42 Å². The van der Waals surface area contributed by atoms with Crippen molar-refractivity contribution in [2.45, 2.75) is 49.8 Å². The van der Waals surface area contributed by atoms with Crippen molar-refractivity contribution in [2.75, 3.05) is 20.3 Å². The number of hydrogen-bond donors (Lipinski definition) is 0. The number of rotatable bonds is 3. The first kappa shape index (κ1) is 15.9. The van der Waals surface area contributed by atoms with Crippen LogP contribution in [0.4, 0.5) is 0 Å². The standard InChI is InChI=1S/C14H23N3O4S/c1-9-14(10(2)16(3)15-9)22(18,19)17-7-5-12(20-4)13-11(17)6-8-21-13/h11-13H,5-8H2,1-4H3/t11-,12-,13-/m1/s1. The number of sulfonamides is 1. The SMILES string of the molecule is CO[C@@H]1CCN(S(=O)(=O)c2c(C)nn(C)c2C)[C@@H]2CCO[C@H]21. The second-order valence-corrected chi connectivity index (χ2v) is 7.82. The highest BCUT2D eigenvalue weighted by Crippen LogP contribution is 2.35. The van der Waals surface area contributed by atoms with Crippen molar-refractivity contribution >= 4 is 10.0 Å². The summed E-state index contributed by atoms with van der Waals surface area (Å²) in [5.74, 6) is 0. The number of aromatic nitrogens is 2. The van der Waals surface area contributed by atoms with Crippen molar-refractivity contribution in [1.82, 2.24) is 14.1 Å². The smallest absolute Gasteiger partial charge is 0.247 e. The molecule has 0 aliphatic carbocycles. The van der Waals surface area contributed by atoms with Crippen molar-refractivity contribution in [3.63, 3.8) is 0 Å². The first-order valence-electron chi connectivity index (χ1n) is 7.54. The molecule has 3 heterocycles. The van der Waals surface area contributed by atoms with Crippen LogP contribution >= 0.6 is 0 Å². The molecule has 124 valence electrons. The Balaban J connectivity index is 1.99. The van der Waals surface area contributed by atoms with Crippen LogP contribution < -0.4 is 0 Å². The van der Waals surface area contributed by atoms with E-state index in [2.05, 4.69) is 5.10 Å². The van der Waals surface area contributed by atoms with Crippen molar-refractivity contribution in [3.05, 3.63) is 11.4 Å². The first-order chi connectivity index (χ1) is 10.4. The molecule has 0 spiro atoms. The number of ether oxygens (including phenoxy) is 2. The van der Waals surface area contributed by atoms with Crippen LogP contribution in [0.15, 0.2) is 4.90 Å². The third kappa shape index (κ3) is 2.29. The Hall–Kier alpha value is -0.960. The summed E-state index contributed by atoms with van der Waals surface area (Å²) in [7, 11) is -0.154. The van der Waals surface area contributed by atoms with Gasteiger partial charge in [0.15, 0.2) is 0 Å². The number of nitrogens with zero attached hydrogens (tertiary/aromatic N) is 3. The highest BCUT2D eigenvalue weighted by Gasteiger charge is 2.48. The van der Waals surface area contributed by atoms with E-state index in [1.165, 1.54) is 0 Å². The predicted molar refractivity (Wildman–Crippen MR) is 80.1 cm³/mol. The number of methoxy groups -OCH3 is 1. The quantitative estimate of drug-likeness (QED) is 0.812. The normalized spacial score (nSPS) is 29.7. The molecule has 0 N–H and O–H groups in total. The molecule has 7 nitrogen and oxygen atoms in total. The summed E-state index contributed by atoms with van der Waals surface area (Å²) >= 11 is 0. The van der Waals surface area contributed by atoms with Crippen LogP contribution in [0.2, 0.25) is 0 Å². The summed E-state index contributed by atoms with van der Waals surface area (Å²) in [6.07, 6.45) is 1.15. The van der Waals surface area contributed by atoms with Gasteiger partial charge in [-0.2, -0.15) is 9.40 Å². The summed E-state index contributed by atoms with van der Waals surface area (Å²) < 4.78 is 40.7. The summed E-state index contributed by atoms with van der Waals surface area (Å²) in [6, 6.07) is -0.150. The molecule has 0 unspecified atom stereocenters. The van der Waals surface area contributed by atoms with Crippen LogP contribution in [0, 0.1) is 13.8 Å². The lowest BCUT2D eigenvalue weighted by Gasteiger charge is -2.39. The van der Waals surface area contributed by atoms with Gasteiger partial charge < -0.3 is 9.47 Å². The summed E-state index contributed by atoms with van der Waals surface area (Å²) in [5.41, 5.74) is 1.21. The topological polar surface area (TPSA) is 73.7 Å². The minimum Gasteiger partial charge on any atom is -0.379 e. The van der Waals surface area contributed by atoms with Gasteiger partial charge in [0.05, 0.1) is 23.5 Å². The Morgan fingerprint density at radius 3 is 2.64 bits per heavy atom. The van der Waals surface area contributed by atoms with Crippen LogP contribution in [-0.4, -0.2) is 61.0 Å². The molecule has 3 atom stereocenters. The lowest BCUT2D eigenvalue weighted by Crippen LogP contribution is -2.55. The molecule has 1 aromatic rings. The third-order valence-electron chi connectivity index (χ3n) is 4.79. The van der Waals surface area contributed by atoms with Crippen LogP contribution in [0.1, 0.15) is 24.2 Å². The monoisotopic (exact) mass is 329 g/mol. The molecule has 22 heavy (non-hydrogen) atoms. The second-order valence-electron chi connectivity index (χ2n) is 5.99. The minimum atomic E-state index is -3.57. The van der Waals surface area contributed by atoms with E-state index in [-0.39, 0.29) is 18.2 Å². The average Bonchev–Trinajstić information content (AvgIpc) is 3.03. The number of aryl methyl sites for hydroxylation is 2. The molecule has 0 aromatic carbocycles. The van der Waals surface area contributed by atoms with Gasteiger partial charge in [-0.15, -0.1) is 0 Å². The van der Waals surface area contributed by atoms with Crippen LogP contribution in [-0.2, 0) is 26.5 Å². The molecule has 0 radical (unpaired) electrons.